The Morgan fingerprint density at radius 1 is 1.03 bits per heavy atom. The van der Waals surface area contributed by atoms with Gasteiger partial charge in [-0.1, -0.05) is 42.3 Å². The van der Waals surface area contributed by atoms with Crippen molar-refractivity contribution in [3.8, 4) is 11.3 Å². The first-order valence-electron chi connectivity index (χ1n) is 11.6. The minimum absolute atomic E-state index is 0.0567. The molecule has 1 saturated heterocycles. The summed E-state index contributed by atoms with van der Waals surface area (Å²) in [6.07, 6.45) is 1.19. The lowest BCUT2D eigenvalue weighted by molar-refractivity contribution is 0.0678. The fourth-order valence-corrected chi connectivity index (χ4v) is 4.58. The number of aromatic nitrogens is 2. The maximum absolute atomic E-state index is 12.7. The molecule has 0 radical (unpaired) electrons. The third-order valence-corrected chi connectivity index (χ3v) is 6.86. The predicted molar refractivity (Wildman–Crippen MR) is 140 cm³/mol. The number of nitrogens with zero attached hydrogens (tertiary/aromatic N) is 5. The van der Waals surface area contributed by atoms with Gasteiger partial charge in [0.2, 0.25) is 5.95 Å². The number of anilines is 1. The summed E-state index contributed by atoms with van der Waals surface area (Å²) in [4.78, 5) is 27.8. The van der Waals surface area contributed by atoms with Crippen molar-refractivity contribution in [2.75, 3.05) is 44.7 Å². The lowest BCUT2D eigenvalue weighted by Crippen LogP contribution is -2.46. The third-order valence-electron chi connectivity index (χ3n) is 6.36. The highest BCUT2D eigenvalue weighted by Crippen LogP contribution is 2.24. The van der Waals surface area contributed by atoms with Crippen LogP contribution in [0.2, 0.25) is 10.0 Å². The second-order valence-electron chi connectivity index (χ2n) is 8.65. The van der Waals surface area contributed by atoms with E-state index in [4.69, 9.17) is 28.2 Å². The molecule has 1 amide bonds. The van der Waals surface area contributed by atoms with E-state index in [-0.39, 0.29) is 11.9 Å². The van der Waals surface area contributed by atoms with Gasteiger partial charge in [0.05, 0.1) is 17.8 Å². The third kappa shape index (κ3) is 6.11. The van der Waals surface area contributed by atoms with Gasteiger partial charge in [0.1, 0.15) is 0 Å². The zero-order valence-electron chi connectivity index (χ0n) is 19.8. The van der Waals surface area contributed by atoms with Gasteiger partial charge >= 0.3 is 0 Å². The zero-order valence-corrected chi connectivity index (χ0v) is 21.3. The van der Waals surface area contributed by atoms with E-state index in [2.05, 4.69) is 16.8 Å². The molecular weight excluding hydrogens is 485 g/mol. The van der Waals surface area contributed by atoms with Gasteiger partial charge in [-0.3, -0.25) is 9.69 Å². The first-order chi connectivity index (χ1) is 16.9. The maximum atomic E-state index is 12.7. The van der Waals surface area contributed by atoms with E-state index in [9.17, 15) is 9.90 Å². The Morgan fingerprint density at radius 3 is 2.34 bits per heavy atom. The molecule has 0 saturated carbocycles. The summed E-state index contributed by atoms with van der Waals surface area (Å²) < 4.78 is 0. The lowest BCUT2D eigenvalue weighted by Gasteiger charge is -2.31. The molecule has 1 aliphatic rings. The van der Waals surface area contributed by atoms with Gasteiger partial charge in [0.25, 0.3) is 5.91 Å². The summed E-state index contributed by atoms with van der Waals surface area (Å²) in [6, 6.07) is 16.2. The van der Waals surface area contributed by atoms with Crippen molar-refractivity contribution >= 4 is 35.1 Å². The molecule has 1 N–H and O–H groups in total. The molecular formula is C26H29Cl2N5O2. The highest BCUT2D eigenvalue weighted by Gasteiger charge is 2.36. The molecule has 1 aliphatic heterocycles. The van der Waals surface area contributed by atoms with Crippen LogP contribution in [0.4, 0.5) is 5.95 Å². The normalized spacial score (nSPS) is 17.7. The molecule has 0 unspecified atom stereocenters. The summed E-state index contributed by atoms with van der Waals surface area (Å²) in [5.74, 6) is 0.531. The summed E-state index contributed by atoms with van der Waals surface area (Å²) >= 11 is 11.9. The van der Waals surface area contributed by atoms with Gasteiger partial charge in [0.15, 0.2) is 0 Å². The molecule has 2 heterocycles. The minimum atomic E-state index is -0.546. The molecule has 35 heavy (non-hydrogen) atoms. The molecule has 0 spiro atoms. The van der Waals surface area contributed by atoms with Gasteiger partial charge in [0, 0.05) is 60.6 Å². The molecule has 1 fully saturated rings. The van der Waals surface area contributed by atoms with Crippen molar-refractivity contribution < 1.29 is 9.90 Å². The van der Waals surface area contributed by atoms with E-state index in [1.807, 2.05) is 35.2 Å². The van der Waals surface area contributed by atoms with E-state index < -0.39 is 6.10 Å². The van der Waals surface area contributed by atoms with Gasteiger partial charge < -0.3 is 14.9 Å². The number of aliphatic hydroxyl groups is 1. The summed E-state index contributed by atoms with van der Waals surface area (Å²) in [7, 11) is 1.79. The first kappa shape index (κ1) is 25.4. The first-order valence-corrected chi connectivity index (χ1v) is 12.4. The zero-order chi connectivity index (χ0) is 24.9. The van der Waals surface area contributed by atoms with Gasteiger partial charge in [-0.15, -0.1) is 0 Å². The van der Waals surface area contributed by atoms with Crippen molar-refractivity contribution in [1.82, 2.24) is 19.8 Å². The van der Waals surface area contributed by atoms with E-state index in [1.165, 1.54) is 0 Å². The summed E-state index contributed by atoms with van der Waals surface area (Å²) in [6.45, 7) is 5.06. The number of carbonyl (C=O) groups is 1. The molecule has 2 atom stereocenters. The molecule has 1 aromatic heterocycles. The fraction of sp³-hybridized carbons (Fsp3) is 0.346. The molecule has 9 heteroatoms. The van der Waals surface area contributed by atoms with Crippen LogP contribution in [0.5, 0.6) is 0 Å². The Morgan fingerprint density at radius 2 is 1.69 bits per heavy atom. The number of aliphatic hydroxyl groups excluding tert-OH is 1. The highest BCUT2D eigenvalue weighted by atomic mass is 35.5. The predicted octanol–water partition coefficient (Wildman–Crippen LogP) is 4.09. The van der Waals surface area contributed by atoms with Gasteiger partial charge in [-0.2, -0.15) is 0 Å². The monoisotopic (exact) mass is 513 g/mol. The van der Waals surface area contributed by atoms with Crippen LogP contribution < -0.4 is 4.90 Å². The lowest BCUT2D eigenvalue weighted by atomic mass is 10.1. The van der Waals surface area contributed by atoms with Crippen molar-refractivity contribution in [3.63, 3.8) is 0 Å². The number of amides is 1. The van der Waals surface area contributed by atoms with E-state index in [0.29, 0.717) is 47.7 Å². The Labute approximate surface area is 215 Å². The number of likely N-dealkylation sites (N-methyl/N-ethyl adjacent to an activating group) is 2. The largest absolute Gasteiger partial charge is 0.390 e. The van der Waals surface area contributed by atoms with E-state index in [1.54, 1.807) is 42.4 Å². The standard InChI is InChI=1S/C26H29Cl2N5O2/c1-3-32(15-14-31(2)25(35)19-6-10-21(28)11-7-19)23-16-33(17-24(23)34)26-29-13-12-22(30-26)18-4-8-20(27)9-5-18/h4-13,23-24,34H,3,14-17H2,1-2H3/t23-,24-/m1/s1. The average Bonchev–Trinajstić information content (AvgIpc) is 3.26. The SMILES string of the molecule is CCN(CCN(C)C(=O)c1ccc(Cl)cc1)[C@@H]1CN(c2nccc(-c3ccc(Cl)cc3)n2)C[C@H]1O. The van der Waals surface area contributed by atoms with Crippen LogP contribution in [-0.2, 0) is 0 Å². The molecule has 4 rings (SSSR count). The average molecular weight is 514 g/mol. The smallest absolute Gasteiger partial charge is 0.253 e. The number of hydrogen-bond donors (Lipinski definition) is 1. The molecule has 2 aromatic carbocycles. The highest BCUT2D eigenvalue weighted by molar-refractivity contribution is 6.30. The van der Waals surface area contributed by atoms with E-state index >= 15 is 0 Å². The van der Waals surface area contributed by atoms with Crippen LogP contribution in [0.1, 0.15) is 17.3 Å². The van der Waals surface area contributed by atoms with Crippen LogP contribution in [0.25, 0.3) is 11.3 Å². The quantitative estimate of drug-likeness (QED) is 0.488. The Hall–Kier alpha value is -2.71. The number of rotatable bonds is 8. The van der Waals surface area contributed by atoms with Gasteiger partial charge in [-0.25, -0.2) is 9.97 Å². The van der Waals surface area contributed by atoms with Crippen LogP contribution in [-0.4, -0.2) is 82.7 Å². The molecule has 7 nitrogen and oxygen atoms in total. The topological polar surface area (TPSA) is 72.8 Å². The number of benzene rings is 2. The van der Waals surface area contributed by atoms with Crippen molar-refractivity contribution in [1.29, 1.82) is 0 Å². The molecule has 0 aliphatic carbocycles. The Kier molecular flexibility index (Phi) is 8.23. The fourth-order valence-electron chi connectivity index (χ4n) is 4.33. The Balaban J connectivity index is 1.39. The van der Waals surface area contributed by atoms with Gasteiger partial charge in [-0.05, 0) is 49.0 Å². The van der Waals surface area contributed by atoms with Crippen LogP contribution in [0.15, 0.2) is 60.8 Å². The Bertz CT molecular complexity index is 1140. The second kappa shape index (κ2) is 11.4. The maximum Gasteiger partial charge on any atom is 0.253 e. The summed E-state index contributed by atoms with van der Waals surface area (Å²) in [5.41, 5.74) is 2.36. The molecule has 3 aromatic rings. The van der Waals surface area contributed by atoms with Crippen molar-refractivity contribution in [2.24, 2.45) is 0 Å². The van der Waals surface area contributed by atoms with E-state index in [0.717, 1.165) is 17.8 Å². The van der Waals surface area contributed by atoms with Crippen LogP contribution in [0.3, 0.4) is 0 Å². The molecule has 0 bridgehead atoms. The number of hydrogen-bond acceptors (Lipinski definition) is 6. The summed E-state index contributed by atoms with van der Waals surface area (Å²) in [5, 5.41) is 12.1. The van der Waals surface area contributed by atoms with Crippen LogP contribution >= 0.6 is 23.2 Å². The van der Waals surface area contributed by atoms with Crippen molar-refractivity contribution in [2.45, 2.75) is 19.1 Å². The molecule has 184 valence electrons. The minimum Gasteiger partial charge on any atom is -0.390 e. The van der Waals surface area contributed by atoms with Crippen molar-refractivity contribution in [3.05, 3.63) is 76.4 Å². The number of carbonyl (C=O) groups excluding carboxylic acids is 1. The number of β-amino-alcohol motifs (C(OH)–C–C–N with tert-alkyl or cyclic N) is 1. The second-order valence-corrected chi connectivity index (χ2v) is 9.52. The number of halogens is 2. The van der Waals surface area contributed by atoms with Crippen LogP contribution in [0, 0.1) is 0 Å².